The van der Waals surface area contributed by atoms with Gasteiger partial charge in [-0.2, -0.15) is 0 Å². The Kier molecular flexibility index (Phi) is 4.05. The van der Waals surface area contributed by atoms with Crippen molar-refractivity contribution in [3.8, 4) is 11.5 Å². The fourth-order valence-corrected chi connectivity index (χ4v) is 3.18. The van der Waals surface area contributed by atoms with Crippen molar-refractivity contribution in [3.63, 3.8) is 0 Å². The second kappa shape index (κ2) is 6.01. The molecule has 1 aromatic carbocycles. The van der Waals surface area contributed by atoms with E-state index in [-0.39, 0.29) is 5.78 Å². The molecule has 0 saturated carbocycles. The molecule has 0 amide bonds. The molecule has 0 atom stereocenters. The minimum Gasteiger partial charge on any atom is -0.383 e. The van der Waals surface area contributed by atoms with Gasteiger partial charge in [-0.05, 0) is 38.5 Å². The van der Waals surface area contributed by atoms with Crippen LogP contribution in [0, 0.1) is 13.8 Å². The van der Waals surface area contributed by atoms with Crippen molar-refractivity contribution in [1.82, 2.24) is 14.5 Å². The Bertz CT molecular complexity index is 874. The van der Waals surface area contributed by atoms with E-state index in [2.05, 4.69) is 15.6 Å². The molecule has 0 fully saturated rings. The lowest BCUT2D eigenvalue weighted by Crippen LogP contribution is -2.06. The number of hydrogen-bond acceptors (Lipinski definition) is 3. The molecule has 1 N–H and O–H groups in total. The smallest absolute Gasteiger partial charge is 0.161 e. The number of aromatic nitrogens is 3. The van der Waals surface area contributed by atoms with Crippen LogP contribution in [0.15, 0.2) is 24.3 Å². The van der Waals surface area contributed by atoms with Crippen LogP contribution < -0.4 is 0 Å². The van der Waals surface area contributed by atoms with Crippen LogP contribution in [-0.4, -0.2) is 34.0 Å². The number of fused-ring (bicyclic) bond motifs is 1. The van der Waals surface area contributed by atoms with Gasteiger partial charge >= 0.3 is 0 Å². The zero-order chi connectivity index (χ0) is 16.6. The molecule has 5 nitrogen and oxygen atoms in total. The molecule has 0 aliphatic rings. The standard InChI is InChI=1S/C18H21N3O2/c1-11-16(13(3)22)12(2)19-17(11)18-20-14-7-5-6-8-15(14)21(18)9-10-23-4/h5-8,19H,9-10H2,1-4H3. The number of aryl methyl sites for hydroxylation is 1. The zero-order valence-corrected chi connectivity index (χ0v) is 13.9. The Morgan fingerprint density at radius 3 is 2.70 bits per heavy atom. The first kappa shape index (κ1) is 15.5. The predicted octanol–water partition coefficient (Wildman–Crippen LogP) is 3.50. The lowest BCUT2D eigenvalue weighted by atomic mass is 10.1. The highest BCUT2D eigenvalue weighted by Gasteiger charge is 2.20. The molecule has 3 aromatic rings. The number of imidazole rings is 1. The Morgan fingerprint density at radius 1 is 1.30 bits per heavy atom. The summed E-state index contributed by atoms with van der Waals surface area (Å²) in [5, 5.41) is 0. The van der Waals surface area contributed by atoms with Gasteiger partial charge in [0.1, 0.15) is 0 Å². The lowest BCUT2D eigenvalue weighted by molar-refractivity contribution is 0.101. The number of ether oxygens (including phenoxy) is 1. The van der Waals surface area contributed by atoms with Crippen molar-refractivity contribution >= 4 is 16.8 Å². The maximum absolute atomic E-state index is 11.9. The first-order valence-corrected chi connectivity index (χ1v) is 7.69. The summed E-state index contributed by atoms with van der Waals surface area (Å²) in [6.45, 7) is 6.80. The van der Waals surface area contributed by atoms with E-state index in [1.54, 1.807) is 14.0 Å². The van der Waals surface area contributed by atoms with Crippen LogP contribution in [0.3, 0.4) is 0 Å². The molecule has 0 aliphatic heterocycles. The molecule has 0 radical (unpaired) electrons. The predicted molar refractivity (Wildman–Crippen MR) is 90.9 cm³/mol. The van der Waals surface area contributed by atoms with Crippen molar-refractivity contribution < 1.29 is 9.53 Å². The highest BCUT2D eigenvalue weighted by atomic mass is 16.5. The number of para-hydroxylation sites is 2. The third kappa shape index (κ3) is 2.57. The number of H-pyrrole nitrogens is 1. The quantitative estimate of drug-likeness (QED) is 0.734. The average Bonchev–Trinajstić information content (AvgIpc) is 3.02. The number of rotatable bonds is 5. The number of carbonyl (C=O) groups is 1. The van der Waals surface area contributed by atoms with Crippen molar-refractivity contribution in [2.45, 2.75) is 27.3 Å². The number of nitrogens with one attached hydrogen (secondary N) is 1. The van der Waals surface area contributed by atoms with Gasteiger partial charge < -0.3 is 14.3 Å². The number of hydrogen-bond donors (Lipinski definition) is 1. The van der Waals surface area contributed by atoms with Crippen molar-refractivity contribution in [1.29, 1.82) is 0 Å². The van der Waals surface area contributed by atoms with Crippen LogP contribution in [-0.2, 0) is 11.3 Å². The normalized spacial score (nSPS) is 11.3. The van der Waals surface area contributed by atoms with Crippen molar-refractivity contribution in [2.24, 2.45) is 0 Å². The van der Waals surface area contributed by atoms with Gasteiger partial charge in [-0.3, -0.25) is 4.79 Å². The molecule has 0 saturated heterocycles. The summed E-state index contributed by atoms with van der Waals surface area (Å²) in [6, 6.07) is 8.04. The van der Waals surface area contributed by atoms with Gasteiger partial charge in [-0.25, -0.2) is 4.98 Å². The molecule has 2 heterocycles. The number of Topliss-reactive ketones (excluding diaryl/α,β-unsaturated/α-hetero) is 1. The third-order valence-electron chi connectivity index (χ3n) is 4.19. The second-order valence-corrected chi connectivity index (χ2v) is 5.75. The number of methoxy groups -OCH3 is 1. The minimum absolute atomic E-state index is 0.0713. The number of aromatic amines is 1. The fourth-order valence-electron chi connectivity index (χ4n) is 3.18. The van der Waals surface area contributed by atoms with Gasteiger partial charge in [0.15, 0.2) is 11.6 Å². The Balaban J connectivity index is 2.23. The second-order valence-electron chi connectivity index (χ2n) is 5.75. The highest BCUT2D eigenvalue weighted by Crippen LogP contribution is 2.30. The topological polar surface area (TPSA) is 59.9 Å². The largest absolute Gasteiger partial charge is 0.383 e. The molecular formula is C18H21N3O2. The minimum atomic E-state index is 0.0713. The molecule has 3 rings (SSSR count). The van der Waals surface area contributed by atoms with Gasteiger partial charge in [0.25, 0.3) is 0 Å². The van der Waals surface area contributed by atoms with Crippen LogP contribution in [0.1, 0.15) is 28.5 Å². The molecule has 0 bridgehead atoms. The summed E-state index contributed by atoms with van der Waals surface area (Å²) in [5.41, 5.74) is 5.50. The van der Waals surface area contributed by atoms with E-state index < -0.39 is 0 Å². The first-order chi connectivity index (χ1) is 11.0. The van der Waals surface area contributed by atoms with E-state index in [1.807, 2.05) is 32.0 Å². The number of ketones is 1. The third-order valence-corrected chi connectivity index (χ3v) is 4.19. The number of benzene rings is 1. The summed E-state index contributed by atoms with van der Waals surface area (Å²) in [5.74, 6) is 0.915. The SMILES string of the molecule is COCCn1c(-c2[nH]c(C)c(C(C)=O)c2C)nc2ccccc21. The Morgan fingerprint density at radius 2 is 2.04 bits per heavy atom. The van der Waals surface area contributed by atoms with E-state index in [9.17, 15) is 4.79 Å². The summed E-state index contributed by atoms with van der Waals surface area (Å²) in [6.07, 6.45) is 0. The molecule has 23 heavy (non-hydrogen) atoms. The van der Waals surface area contributed by atoms with Crippen LogP contribution in [0.25, 0.3) is 22.6 Å². The summed E-state index contributed by atoms with van der Waals surface area (Å²) < 4.78 is 7.38. The van der Waals surface area contributed by atoms with Gasteiger partial charge in [-0.15, -0.1) is 0 Å². The lowest BCUT2D eigenvalue weighted by Gasteiger charge is -2.08. The zero-order valence-electron chi connectivity index (χ0n) is 13.9. The molecule has 0 aliphatic carbocycles. The van der Waals surface area contributed by atoms with E-state index in [4.69, 9.17) is 9.72 Å². The molecule has 5 heteroatoms. The van der Waals surface area contributed by atoms with E-state index in [0.29, 0.717) is 13.2 Å². The summed E-state index contributed by atoms with van der Waals surface area (Å²) in [4.78, 5) is 20.0. The maximum atomic E-state index is 11.9. The highest BCUT2D eigenvalue weighted by molar-refractivity contribution is 5.98. The Labute approximate surface area is 135 Å². The monoisotopic (exact) mass is 311 g/mol. The van der Waals surface area contributed by atoms with Crippen LogP contribution >= 0.6 is 0 Å². The van der Waals surface area contributed by atoms with Gasteiger partial charge in [0, 0.05) is 24.9 Å². The summed E-state index contributed by atoms with van der Waals surface area (Å²) in [7, 11) is 1.69. The summed E-state index contributed by atoms with van der Waals surface area (Å²) >= 11 is 0. The number of nitrogens with zero attached hydrogens (tertiary/aromatic N) is 2. The number of carbonyl (C=O) groups excluding carboxylic acids is 1. The van der Waals surface area contributed by atoms with Crippen molar-refractivity contribution in [2.75, 3.05) is 13.7 Å². The molecule has 2 aromatic heterocycles. The molecule has 120 valence electrons. The van der Waals surface area contributed by atoms with Crippen molar-refractivity contribution in [3.05, 3.63) is 41.1 Å². The average molecular weight is 311 g/mol. The fraction of sp³-hybridized carbons (Fsp3) is 0.333. The van der Waals surface area contributed by atoms with E-state index in [1.165, 1.54) is 0 Å². The van der Waals surface area contributed by atoms with Gasteiger partial charge in [0.2, 0.25) is 0 Å². The molecule has 0 unspecified atom stereocenters. The Hall–Kier alpha value is -2.40. The maximum Gasteiger partial charge on any atom is 0.161 e. The van der Waals surface area contributed by atoms with E-state index in [0.717, 1.165) is 39.4 Å². The van der Waals surface area contributed by atoms with Gasteiger partial charge in [-0.1, -0.05) is 12.1 Å². The van der Waals surface area contributed by atoms with Crippen LogP contribution in [0.2, 0.25) is 0 Å². The first-order valence-electron chi connectivity index (χ1n) is 7.69. The van der Waals surface area contributed by atoms with Crippen LogP contribution in [0.5, 0.6) is 0 Å². The van der Waals surface area contributed by atoms with E-state index >= 15 is 0 Å². The van der Waals surface area contributed by atoms with Gasteiger partial charge in [0.05, 0.1) is 23.3 Å². The molecule has 0 spiro atoms. The van der Waals surface area contributed by atoms with Crippen LogP contribution in [0.4, 0.5) is 0 Å². The molecular weight excluding hydrogens is 290 g/mol.